The molecule has 22 heavy (non-hydrogen) atoms. The summed E-state index contributed by atoms with van der Waals surface area (Å²) in [5, 5.41) is 9.75. The molecule has 2 aliphatic rings. The van der Waals surface area contributed by atoms with Gasteiger partial charge in [-0.15, -0.1) is 0 Å². The molecule has 3 nitrogen and oxygen atoms in total. The Kier molecular flexibility index (Phi) is 3.51. The first-order valence-corrected chi connectivity index (χ1v) is 8.13. The third-order valence-electron chi connectivity index (χ3n) is 4.93. The number of hydrogen-bond acceptors (Lipinski definition) is 3. The average molecular weight is 294 g/mol. The number of nitrogens with zero attached hydrogens (tertiary/aromatic N) is 2. The lowest BCUT2D eigenvalue weighted by molar-refractivity contribution is 0.212. The van der Waals surface area contributed by atoms with E-state index in [0.717, 1.165) is 19.6 Å². The van der Waals surface area contributed by atoms with Crippen LogP contribution in [0, 0.1) is 0 Å². The van der Waals surface area contributed by atoms with Gasteiger partial charge in [0.1, 0.15) is 5.75 Å². The van der Waals surface area contributed by atoms with Gasteiger partial charge in [-0.2, -0.15) is 0 Å². The molecular formula is C19H22N2O. The number of fused-ring (bicyclic) bond motifs is 2. The topological polar surface area (TPSA) is 26.7 Å². The van der Waals surface area contributed by atoms with Gasteiger partial charge < -0.3 is 10.0 Å². The van der Waals surface area contributed by atoms with Crippen LogP contribution in [0.25, 0.3) is 0 Å². The molecule has 2 aromatic carbocycles. The number of aromatic hydroxyl groups is 1. The number of likely N-dealkylation sites (tertiary alicyclic amines) is 1. The van der Waals surface area contributed by atoms with Gasteiger partial charge in [-0.1, -0.05) is 36.4 Å². The van der Waals surface area contributed by atoms with Crippen molar-refractivity contribution < 1.29 is 5.11 Å². The zero-order valence-electron chi connectivity index (χ0n) is 12.7. The molecule has 2 saturated heterocycles. The Bertz CT molecular complexity index is 629. The van der Waals surface area contributed by atoms with Crippen molar-refractivity contribution in [2.45, 2.75) is 31.5 Å². The van der Waals surface area contributed by atoms with Gasteiger partial charge in [-0.05, 0) is 30.5 Å². The van der Waals surface area contributed by atoms with Crippen molar-refractivity contribution in [2.24, 2.45) is 0 Å². The van der Waals surface area contributed by atoms with Crippen molar-refractivity contribution in [3.63, 3.8) is 0 Å². The van der Waals surface area contributed by atoms with Gasteiger partial charge in [0.05, 0.1) is 0 Å². The molecule has 1 N–H and O–H groups in total. The fourth-order valence-corrected chi connectivity index (χ4v) is 4.04. The van der Waals surface area contributed by atoms with Crippen LogP contribution < -0.4 is 4.90 Å². The number of hydrogen-bond donors (Lipinski definition) is 1. The average Bonchev–Trinajstić information content (AvgIpc) is 2.80. The molecule has 0 unspecified atom stereocenters. The zero-order valence-corrected chi connectivity index (χ0v) is 12.7. The second kappa shape index (κ2) is 5.65. The first kappa shape index (κ1) is 13.6. The van der Waals surface area contributed by atoms with Crippen LogP contribution in [0.4, 0.5) is 5.69 Å². The molecule has 0 aromatic heterocycles. The lowest BCUT2D eigenvalue weighted by Gasteiger charge is -2.42. The van der Waals surface area contributed by atoms with Crippen molar-refractivity contribution >= 4 is 5.69 Å². The second-order valence-corrected chi connectivity index (χ2v) is 6.49. The lowest BCUT2D eigenvalue weighted by Crippen LogP contribution is -2.53. The van der Waals surface area contributed by atoms with Gasteiger partial charge in [0.15, 0.2) is 0 Å². The molecule has 0 saturated carbocycles. The van der Waals surface area contributed by atoms with Gasteiger partial charge >= 0.3 is 0 Å². The highest BCUT2D eigenvalue weighted by Crippen LogP contribution is 2.36. The predicted octanol–water partition coefficient (Wildman–Crippen LogP) is 3.25. The summed E-state index contributed by atoms with van der Waals surface area (Å²) in [7, 11) is 0. The number of phenols is 1. The van der Waals surface area contributed by atoms with E-state index in [-0.39, 0.29) is 0 Å². The Labute approximate surface area is 131 Å². The van der Waals surface area contributed by atoms with Crippen molar-refractivity contribution in [1.82, 2.24) is 4.90 Å². The maximum absolute atomic E-state index is 9.75. The van der Waals surface area contributed by atoms with Crippen molar-refractivity contribution in [1.29, 1.82) is 0 Å². The highest BCUT2D eigenvalue weighted by Gasteiger charge is 2.39. The maximum atomic E-state index is 9.75. The SMILES string of the molecule is Oc1cccc(N2[C@@H]3CC[C@H]2CN(Cc2ccccc2)C3)c1. The Balaban J connectivity index is 1.50. The van der Waals surface area contributed by atoms with E-state index in [1.54, 1.807) is 6.07 Å². The van der Waals surface area contributed by atoms with E-state index in [0.29, 0.717) is 17.8 Å². The van der Waals surface area contributed by atoms with Gasteiger partial charge in [-0.3, -0.25) is 4.90 Å². The fourth-order valence-electron chi connectivity index (χ4n) is 4.04. The summed E-state index contributed by atoms with van der Waals surface area (Å²) < 4.78 is 0. The smallest absolute Gasteiger partial charge is 0.117 e. The standard InChI is InChI=1S/C19H22N2O/c22-19-8-4-7-16(11-19)21-17-9-10-18(21)14-20(13-17)12-15-5-2-1-3-6-15/h1-8,11,17-18,22H,9-10,12-14H2/t17-,18+. The largest absolute Gasteiger partial charge is 0.508 e. The summed E-state index contributed by atoms with van der Waals surface area (Å²) >= 11 is 0. The van der Waals surface area contributed by atoms with Crippen LogP contribution in [0.3, 0.4) is 0 Å². The fraction of sp³-hybridized carbons (Fsp3) is 0.368. The van der Waals surface area contributed by atoms with E-state index in [1.807, 2.05) is 12.1 Å². The molecule has 0 radical (unpaired) electrons. The Morgan fingerprint density at radius 3 is 2.32 bits per heavy atom. The minimum Gasteiger partial charge on any atom is -0.508 e. The van der Waals surface area contributed by atoms with Gasteiger partial charge in [-0.25, -0.2) is 0 Å². The predicted molar refractivity (Wildman–Crippen MR) is 89.1 cm³/mol. The summed E-state index contributed by atoms with van der Waals surface area (Å²) in [5.74, 6) is 0.364. The molecule has 2 fully saturated rings. The van der Waals surface area contributed by atoms with Crippen LogP contribution in [-0.4, -0.2) is 35.2 Å². The van der Waals surface area contributed by atoms with Gasteiger partial charge in [0, 0.05) is 43.5 Å². The summed E-state index contributed by atoms with van der Waals surface area (Å²) in [6.45, 7) is 3.27. The normalized spacial score (nSPS) is 24.6. The molecule has 2 atom stereocenters. The molecule has 2 aromatic rings. The number of anilines is 1. The number of rotatable bonds is 3. The highest BCUT2D eigenvalue weighted by atomic mass is 16.3. The first-order chi connectivity index (χ1) is 10.8. The second-order valence-electron chi connectivity index (χ2n) is 6.49. The molecule has 3 heteroatoms. The minimum atomic E-state index is 0.364. The number of piperazine rings is 1. The van der Waals surface area contributed by atoms with E-state index in [9.17, 15) is 5.11 Å². The molecule has 0 aliphatic carbocycles. The molecule has 2 heterocycles. The third kappa shape index (κ3) is 2.57. The summed E-state index contributed by atoms with van der Waals surface area (Å²) in [5.41, 5.74) is 2.57. The molecule has 0 spiro atoms. The first-order valence-electron chi connectivity index (χ1n) is 8.13. The lowest BCUT2D eigenvalue weighted by atomic mass is 10.1. The molecule has 114 valence electrons. The van der Waals surface area contributed by atoms with Crippen LogP contribution >= 0.6 is 0 Å². The molecule has 4 rings (SSSR count). The van der Waals surface area contributed by atoms with Crippen molar-refractivity contribution in [3.8, 4) is 5.75 Å². The van der Waals surface area contributed by atoms with Crippen LogP contribution in [0.5, 0.6) is 5.75 Å². The van der Waals surface area contributed by atoms with Gasteiger partial charge in [0.2, 0.25) is 0 Å². The van der Waals surface area contributed by atoms with E-state index < -0.39 is 0 Å². The molecule has 2 aliphatic heterocycles. The van der Waals surface area contributed by atoms with E-state index in [4.69, 9.17) is 0 Å². The minimum absolute atomic E-state index is 0.364. The quantitative estimate of drug-likeness (QED) is 0.941. The Morgan fingerprint density at radius 2 is 1.64 bits per heavy atom. The zero-order chi connectivity index (χ0) is 14.9. The Hall–Kier alpha value is -2.00. The Morgan fingerprint density at radius 1 is 0.909 bits per heavy atom. The molecule has 0 amide bonds. The van der Waals surface area contributed by atoms with Crippen LogP contribution in [0.1, 0.15) is 18.4 Å². The van der Waals surface area contributed by atoms with Crippen molar-refractivity contribution in [2.75, 3.05) is 18.0 Å². The third-order valence-corrected chi connectivity index (χ3v) is 4.93. The summed E-state index contributed by atoms with van der Waals surface area (Å²) in [6, 6.07) is 19.6. The number of phenolic OH excluding ortho intramolecular Hbond substituents is 1. The molecule has 2 bridgehead atoms. The number of benzene rings is 2. The van der Waals surface area contributed by atoms with Crippen molar-refractivity contribution in [3.05, 3.63) is 60.2 Å². The highest BCUT2D eigenvalue weighted by molar-refractivity contribution is 5.53. The molecular weight excluding hydrogens is 272 g/mol. The van der Waals surface area contributed by atoms with E-state index >= 15 is 0 Å². The van der Waals surface area contributed by atoms with E-state index in [1.165, 1.54) is 24.1 Å². The van der Waals surface area contributed by atoms with Crippen LogP contribution in [0.2, 0.25) is 0 Å². The summed E-state index contributed by atoms with van der Waals surface area (Å²) in [6.07, 6.45) is 2.51. The monoisotopic (exact) mass is 294 g/mol. The van der Waals surface area contributed by atoms with E-state index in [2.05, 4.69) is 46.2 Å². The summed E-state index contributed by atoms with van der Waals surface area (Å²) in [4.78, 5) is 5.11. The van der Waals surface area contributed by atoms with Crippen LogP contribution in [0.15, 0.2) is 54.6 Å². The van der Waals surface area contributed by atoms with Gasteiger partial charge in [0.25, 0.3) is 0 Å². The van der Waals surface area contributed by atoms with Crippen LogP contribution in [-0.2, 0) is 6.54 Å². The maximum Gasteiger partial charge on any atom is 0.117 e.